The van der Waals surface area contributed by atoms with Gasteiger partial charge in [0.15, 0.2) is 0 Å². The van der Waals surface area contributed by atoms with E-state index in [9.17, 15) is 13.2 Å². The van der Waals surface area contributed by atoms with Crippen LogP contribution in [0.2, 0.25) is 0 Å². The molecule has 0 spiro atoms. The van der Waals surface area contributed by atoms with Crippen LogP contribution in [0.1, 0.15) is 12.0 Å². The summed E-state index contributed by atoms with van der Waals surface area (Å²) in [4.78, 5) is 1.93. The van der Waals surface area contributed by atoms with Crippen molar-refractivity contribution in [2.45, 2.75) is 12.6 Å². The Labute approximate surface area is 110 Å². The molecule has 0 saturated heterocycles. The zero-order chi connectivity index (χ0) is 14.3. The Kier molecular flexibility index (Phi) is 6.11. The van der Waals surface area contributed by atoms with Crippen LogP contribution in [0.4, 0.5) is 13.2 Å². The summed E-state index contributed by atoms with van der Waals surface area (Å²) in [5.41, 5.74) is -0.706. The van der Waals surface area contributed by atoms with Gasteiger partial charge in [0.25, 0.3) is 0 Å². The van der Waals surface area contributed by atoms with Crippen LogP contribution in [0, 0.1) is 0 Å². The second-order valence-corrected chi connectivity index (χ2v) is 4.25. The van der Waals surface area contributed by atoms with Gasteiger partial charge in [-0.15, -0.1) is 0 Å². The predicted octanol–water partition coefficient (Wildman–Crippen LogP) is 2.40. The van der Waals surface area contributed by atoms with Crippen molar-refractivity contribution in [1.82, 2.24) is 4.90 Å². The number of hydrogen-bond donors (Lipinski definition) is 1. The number of halogens is 3. The Morgan fingerprint density at radius 3 is 2.63 bits per heavy atom. The fourth-order valence-electron chi connectivity index (χ4n) is 1.57. The summed E-state index contributed by atoms with van der Waals surface area (Å²) in [6, 6.07) is 4.85. The van der Waals surface area contributed by atoms with E-state index in [1.54, 1.807) is 0 Å². The molecule has 19 heavy (non-hydrogen) atoms. The molecule has 0 aromatic heterocycles. The third-order valence-corrected chi connectivity index (χ3v) is 2.60. The van der Waals surface area contributed by atoms with Crippen molar-refractivity contribution >= 4 is 0 Å². The lowest BCUT2D eigenvalue weighted by atomic mass is 10.2. The number of aliphatic hydroxyl groups is 1. The molecule has 0 aliphatic carbocycles. The molecule has 3 nitrogen and oxygen atoms in total. The van der Waals surface area contributed by atoms with E-state index in [4.69, 9.17) is 9.84 Å². The zero-order valence-electron chi connectivity index (χ0n) is 10.8. The summed E-state index contributed by atoms with van der Waals surface area (Å²) in [6.45, 7) is 1.73. The molecular weight excluding hydrogens is 259 g/mol. The molecule has 1 rings (SSSR count). The molecular formula is C13H18F3NO2. The maximum atomic E-state index is 12.5. The number of nitrogens with zero attached hydrogens (tertiary/aromatic N) is 1. The highest BCUT2D eigenvalue weighted by Crippen LogP contribution is 2.31. The highest BCUT2D eigenvalue weighted by atomic mass is 19.4. The molecule has 0 aliphatic heterocycles. The van der Waals surface area contributed by atoms with Gasteiger partial charge in [0, 0.05) is 13.1 Å². The number of benzene rings is 1. The van der Waals surface area contributed by atoms with Crippen LogP contribution >= 0.6 is 0 Å². The molecule has 0 heterocycles. The number of likely N-dealkylation sites (N-methyl/N-ethyl adjacent to an activating group) is 1. The van der Waals surface area contributed by atoms with Crippen molar-refractivity contribution < 1.29 is 23.0 Å². The average Bonchev–Trinajstić information content (AvgIpc) is 2.34. The third-order valence-electron chi connectivity index (χ3n) is 2.60. The Morgan fingerprint density at radius 1 is 1.26 bits per heavy atom. The Balaban J connectivity index is 2.38. The van der Waals surface area contributed by atoms with Crippen LogP contribution in [0.25, 0.3) is 0 Å². The number of ether oxygens (including phenoxy) is 1. The molecule has 0 aliphatic rings. The molecule has 1 aromatic rings. The average molecular weight is 277 g/mol. The van der Waals surface area contributed by atoms with E-state index in [2.05, 4.69) is 0 Å². The lowest BCUT2D eigenvalue weighted by molar-refractivity contribution is -0.137. The Hall–Kier alpha value is -1.27. The van der Waals surface area contributed by atoms with Gasteiger partial charge in [-0.05, 0) is 31.7 Å². The summed E-state index contributed by atoms with van der Waals surface area (Å²) in [5, 5.41) is 8.70. The monoisotopic (exact) mass is 277 g/mol. The standard InChI is InChI=1S/C13H18F3NO2/c1-17(7-8-18)6-3-9-19-12-5-2-4-11(10-12)13(14,15)16/h2,4-5,10,18H,3,6-9H2,1H3. The van der Waals surface area contributed by atoms with Crippen molar-refractivity contribution in [2.24, 2.45) is 0 Å². The molecule has 0 saturated carbocycles. The summed E-state index contributed by atoms with van der Waals surface area (Å²) in [7, 11) is 1.86. The molecule has 0 amide bonds. The van der Waals surface area contributed by atoms with E-state index in [-0.39, 0.29) is 12.4 Å². The van der Waals surface area contributed by atoms with Gasteiger partial charge in [0.2, 0.25) is 0 Å². The van der Waals surface area contributed by atoms with Crippen LogP contribution < -0.4 is 4.74 Å². The van der Waals surface area contributed by atoms with E-state index in [1.165, 1.54) is 12.1 Å². The van der Waals surface area contributed by atoms with Gasteiger partial charge in [0.05, 0.1) is 18.8 Å². The molecule has 108 valence electrons. The van der Waals surface area contributed by atoms with Gasteiger partial charge < -0.3 is 14.7 Å². The molecule has 0 fully saturated rings. The van der Waals surface area contributed by atoms with Crippen LogP contribution in [0.5, 0.6) is 5.75 Å². The first kappa shape index (κ1) is 15.8. The fourth-order valence-corrected chi connectivity index (χ4v) is 1.57. The Bertz CT molecular complexity index is 382. The molecule has 0 radical (unpaired) electrons. The van der Waals surface area contributed by atoms with E-state index in [1.807, 2.05) is 11.9 Å². The molecule has 0 unspecified atom stereocenters. The first-order valence-electron chi connectivity index (χ1n) is 6.03. The van der Waals surface area contributed by atoms with Crippen molar-refractivity contribution in [1.29, 1.82) is 0 Å². The highest BCUT2D eigenvalue weighted by Gasteiger charge is 2.30. The first-order valence-corrected chi connectivity index (χ1v) is 6.03. The van der Waals surface area contributed by atoms with Crippen LogP contribution in [-0.4, -0.2) is 43.4 Å². The fraction of sp³-hybridized carbons (Fsp3) is 0.538. The molecule has 0 atom stereocenters. The van der Waals surface area contributed by atoms with Gasteiger partial charge in [-0.25, -0.2) is 0 Å². The number of rotatable bonds is 7. The van der Waals surface area contributed by atoms with Gasteiger partial charge >= 0.3 is 6.18 Å². The predicted molar refractivity (Wildman–Crippen MR) is 66.1 cm³/mol. The Morgan fingerprint density at radius 2 is 2.00 bits per heavy atom. The quantitative estimate of drug-likeness (QED) is 0.777. The number of alkyl halides is 3. The minimum absolute atomic E-state index is 0.0883. The maximum absolute atomic E-state index is 12.5. The molecule has 1 aromatic carbocycles. The van der Waals surface area contributed by atoms with Crippen molar-refractivity contribution in [3.63, 3.8) is 0 Å². The van der Waals surface area contributed by atoms with Gasteiger partial charge in [-0.3, -0.25) is 0 Å². The highest BCUT2D eigenvalue weighted by molar-refractivity contribution is 5.30. The van der Waals surface area contributed by atoms with Crippen LogP contribution in [0.3, 0.4) is 0 Å². The minimum Gasteiger partial charge on any atom is -0.494 e. The lowest BCUT2D eigenvalue weighted by Gasteiger charge is -2.15. The first-order chi connectivity index (χ1) is 8.93. The summed E-state index contributed by atoms with van der Waals surface area (Å²) >= 11 is 0. The minimum atomic E-state index is -4.35. The van der Waals surface area contributed by atoms with E-state index in [0.717, 1.165) is 18.7 Å². The molecule has 1 N–H and O–H groups in total. The molecule has 6 heteroatoms. The second kappa shape index (κ2) is 7.35. The van der Waals surface area contributed by atoms with Crippen molar-refractivity contribution in [3.05, 3.63) is 29.8 Å². The number of hydrogen-bond acceptors (Lipinski definition) is 3. The summed E-state index contributed by atoms with van der Waals surface area (Å²) in [6.07, 6.45) is -3.66. The topological polar surface area (TPSA) is 32.7 Å². The van der Waals surface area contributed by atoms with Crippen molar-refractivity contribution in [3.8, 4) is 5.75 Å². The van der Waals surface area contributed by atoms with Gasteiger partial charge in [-0.1, -0.05) is 6.07 Å². The SMILES string of the molecule is CN(CCO)CCCOc1cccc(C(F)(F)F)c1. The van der Waals surface area contributed by atoms with E-state index < -0.39 is 11.7 Å². The summed E-state index contributed by atoms with van der Waals surface area (Å²) in [5.74, 6) is 0.222. The molecule has 0 bridgehead atoms. The van der Waals surface area contributed by atoms with Crippen molar-refractivity contribution in [2.75, 3.05) is 33.4 Å². The van der Waals surface area contributed by atoms with E-state index >= 15 is 0 Å². The second-order valence-electron chi connectivity index (χ2n) is 4.25. The summed E-state index contributed by atoms with van der Waals surface area (Å²) < 4.78 is 42.7. The maximum Gasteiger partial charge on any atom is 0.416 e. The third kappa shape index (κ3) is 5.94. The largest absolute Gasteiger partial charge is 0.494 e. The normalized spacial score (nSPS) is 11.9. The van der Waals surface area contributed by atoms with Gasteiger partial charge in [-0.2, -0.15) is 13.2 Å². The number of aliphatic hydroxyl groups excluding tert-OH is 1. The van der Waals surface area contributed by atoms with E-state index in [0.29, 0.717) is 19.6 Å². The van der Waals surface area contributed by atoms with Gasteiger partial charge in [0.1, 0.15) is 5.75 Å². The van der Waals surface area contributed by atoms with Crippen LogP contribution in [0.15, 0.2) is 24.3 Å². The van der Waals surface area contributed by atoms with Crippen LogP contribution in [-0.2, 0) is 6.18 Å². The smallest absolute Gasteiger partial charge is 0.416 e. The lowest BCUT2D eigenvalue weighted by Crippen LogP contribution is -2.24. The zero-order valence-corrected chi connectivity index (χ0v) is 10.8.